The fourth-order valence-electron chi connectivity index (χ4n) is 4.46. The van der Waals surface area contributed by atoms with E-state index in [1.807, 2.05) is 0 Å². The highest BCUT2D eigenvalue weighted by molar-refractivity contribution is 7.80. The molecule has 3 rings (SSSR count). The maximum Gasteiger partial charge on any atom is 0.397 e. The molecule has 18 heteroatoms. The predicted molar refractivity (Wildman–Crippen MR) is 114 cm³/mol. The van der Waals surface area contributed by atoms with Gasteiger partial charge >= 0.3 is 10.4 Å². The molecule has 17 nitrogen and oxygen atoms in total. The van der Waals surface area contributed by atoms with Crippen LogP contribution in [0.3, 0.4) is 0 Å². The second kappa shape index (κ2) is 12.3. The Hall–Kier alpha value is -0.650. The summed E-state index contributed by atoms with van der Waals surface area (Å²) in [4.78, 5) is 0. The van der Waals surface area contributed by atoms with Crippen molar-refractivity contribution in [3.63, 3.8) is 0 Å². The van der Waals surface area contributed by atoms with Gasteiger partial charge in [0.2, 0.25) is 0 Å². The predicted octanol–water partition coefficient (Wildman–Crippen LogP) is -5.65. The highest BCUT2D eigenvalue weighted by atomic mass is 32.3. The minimum atomic E-state index is -5.19. The lowest BCUT2D eigenvalue weighted by Gasteiger charge is -2.48. The SMILES string of the molecule is C[C@@H]1O[C@@H](O[C@H]2[C@H](O[C@@H]3O[C@H](CO)[C@H](O)[C@H](OS(=O)(=O)O)[C@@H]3O)[C@@H](O)[C@@H](CO)O[C@@H]2C)[C@@H](O)[C@H](O)[C@@H]1O. The lowest BCUT2D eigenvalue weighted by Crippen LogP contribution is -2.66. The van der Waals surface area contributed by atoms with Gasteiger partial charge in [-0.05, 0) is 13.8 Å². The van der Waals surface area contributed by atoms with Gasteiger partial charge in [-0.15, -0.1) is 0 Å². The molecule has 3 saturated heterocycles. The van der Waals surface area contributed by atoms with Crippen molar-refractivity contribution in [3.05, 3.63) is 0 Å². The number of aliphatic hydroxyl groups is 8. The molecule has 3 fully saturated rings. The molecule has 0 aromatic rings. The highest BCUT2D eigenvalue weighted by Gasteiger charge is 2.53. The summed E-state index contributed by atoms with van der Waals surface area (Å²) in [5.41, 5.74) is 0. The van der Waals surface area contributed by atoms with Gasteiger partial charge < -0.3 is 64.5 Å². The van der Waals surface area contributed by atoms with E-state index in [2.05, 4.69) is 4.18 Å². The Kier molecular flexibility index (Phi) is 10.2. The number of ether oxygens (including phenoxy) is 5. The van der Waals surface area contributed by atoms with Crippen LogP contribution in [-0.4, -0.2) is 159 Å². The molecule has 3 heterocycles. The van der Waals surface area contributed by atoms with E-state index in [1.54, 1.807) is 0 Å². The molecule has 15 atom stereocenters. The van der Waals surface area contributed by atoms with Gasteiger partial charge in [0, 0.05) is 0 Å². The van der Waals surface area contributed by atoms with E-state index in [9.17, 15) is 49.3 Å². The quantitative estimate of drug-likeness (QED) is 0.124. The Morgan fingerprint density at radius 1 is 0.622 bits per heavy atom. The molecule has 0 saturated carbocycles. The van der Waals surface area contributed by atoms with E-state index < -0.39 is 116 Å². The van der Waals surface area contributed by atoms with Crippen molar-refractivity contribution in [2.45, 2.75) is 106 Å². The van der Waals surface area contributed by atoms with Crippen molar-refractivity contribution >= 4 is 10.4 Å². The average Bonchev–Trinajstić information content (AvgIpc) is 2.83. The normalized spacial score (nSPS) is 49.6. The van der Waals surface area contributed by atoms with Crippen molar-refractivity contribution in [1.29, 1.82) is 0 Å². The van der Waals surface area contributed by atoms with Gasteiger partial charge in [-0.3, -0.25) is 4.55 Å². The maximum absolute atomic E-state index is 11.2. The number of aliphatic hydroxyl groups excluding tert-OH is 8. The minimum Gasteiger partial charge on any atom is -0.394 e. The second-order valence-corrected chi connectivity index (χ2v) is 10.2. The Bertz CT molecular complexity index is 844. The summed E-state index contributed by atoms with van der Waals surface area (Å²) in [6, 6.07) is 0. The van der Waals surface area contributed by atoms with Crippen LogP contribution >= 0.6 is 0 Å². The van der Waals surface area contributed by atoms with Gasteiger partial charge in [-0.2, -0.15) is 8.42 Å². The Labute approximate surface area is 211 Å². The lowest BCUT2D eigenvalue weighted by molar-refractivity contribution is -0.367. The molecule has 0 aliphatic carbocycles. The monoisotopic (exact) mass is 566 g/mol. The highest BCUT2D eigenvalue weighted by Crippen LogP contribution is 2.33. The zero-order valence-electron chi connectivity index (χ0n) is 19.8. The Morgan fingerprint density at radius 2 is 1.14 bits per heavy atom. The summed E-state index contributed by atoms with van der Waals surface area (Å²) in [6.45, 7) is 1.26. The average molecular weight is 567 g/mol. The first kappa shape index (κ1) is 30.9. The summed E-state index contributed by atoms with van der Waals surface area (Å²) in [6.07, 6.45) is -23.8. The van der Waals surface area contributed by atoms with Crippen LogP contribution < -0.4 is 0 Å². The van der Waals surface area contributed by atoms with Crippen LogP contribution in [0.1, 0.15) is 13.8 Å². The molecular formula is C19H34O17S. The number of rotatable bonds is 8. The summed E-state index contributed by atoms with van der Waals surface area (Å²) in [7, 11) is -5.19. The zero-order valence-corrected chi connectivity index (χ0v) is 20.6. The standard InChI is InChI=1S/C19H34O17S/c1-5-9(22)12(25)13(26)18(32-5)34-15-6(2)31-7(3-20)11(24)17(15)35-19-14(27)16(36-37(28,29)30)10(23)8(4-21)33-19/h5-27H,3-4H2,1-2H3,(H,28,29,30)/t5-,6+,7+,8+,9+,10-,11-,12+,13-,14-,15+,16-,17+,18-,19-/m0/s1. The van der Waals surface area contributed by atoms with E-state index in [0.717, 1.165) is 0 Å². The first-order valence-electron chi connectivity index (χ1n) is 11.4. The molecule has 3 aliphatic rings. The van der Waals surface area contributed by atoms with Crippen molar-refractivity contribution in [1.82, 2.24) is 0 Å². The van der Waals surface area contributed by atoms with Crippen LogP contribution in [0.4, 0.5) is 0 Å². The fraction of sp³-hybridized carbons (Fsp3) is 1.00. The van der Waals surface area contributed by atoms with Crippen LogP contribution in [0.15, 0.2) is 0 Å². The molecule has 0 unspecified atom stereocenters. The van der Waals surface area contributed by atoms with Gasteiger partial charge in [-0.1, -0.05) is 0 Å². The third kappa shape index (κ3) is 6.74. The maximum atomic E-state index is 11.2. The number of hydrogen-bond donors (Lipinski definition) is 9. The van der Waals surface area contributed by atoms with Crippen LogP contribution in [0, 0.1) is 0 Å². The molecule has 218 valence electrons. The van der Waals surface area contributed by atoms with Gasteiger partial charge in [-0.25, -0.2) is 4.18 Å². The largest absolute Gasteiger partial charge is 0.397 e. The lowest BCUT2D eigenvalue weighted by atomic mass is 9.94. The summed E-state index contributed by atoms with van der Waals surface area (Å²) in [5, 5.41) is 81.1. The smallest absolute Gasteiger partial charge is 0.394 e. The third-order valence-corrected chi connectivity index (χ3v) is 6.98. The van der Waals surface area contributed by atoms with Crippen molar-refractivity contribution in [2.75, 3.05) is 13.2 Å². The molecular weight excluding hydrogens is 532 g/mol. The van der Waals surface area contributed by atoms with E-state index >= 15 is 0 Å². The van der Waals surface area contributed by atoms with Gasteiger partial charge in [0.25, 0.3) is 0 Å². The minimum absolute atomic E-state index is 0.691. The van der Waals surface area contributed by atoms with Crippen LogP contribution in [-0.2, 0) is 38.3 Å². The summed E-state index contributed by atoms with van der Waals surface area (Å²) in [5.74, 6) is 0. The number of hydrogen-bond acceptors (Lipinski definition) is 16. The fourth-order valence-corrected chi connectivity index (χ4v) is 4.97. The van der Waals surface area contributed by atoms with E-state index in [-0.39, 0.29) is 0 Å². The van der Waals surface area contributed by atoms with Crippen LogP contribution in [0.25, 0.3) is 0 Å². The molecule has 0 bridgehead atoms. The van der Waals surface area contributed by atoms with Crippen LogP contribution in [0.2, 0.25) is 0 Å². The van der Waals surface area contributed by atoms with Crippen molar-refractivity contribution in [2.24, 2.45) is 0 Å². The molecule has 0 aromatic carbocycles. The second-order valence-electron chi connectivity index (χ2n) is 9.13. The summed E-state index contributed by atoms with van der Waals surface area (Å²) < 4.78 is 63.5. The molecule has 9 N–H and O–H groups in total. The molecule has 0 spiro atoms. The van der Waals surface area contributed by atoms with E-state index in [1.165, 1.54) is 13.8 Å². The summed E-state index contributed by atoms with van der Waals surface area (Å²) >= 11 is 0. The molecule has 0 aromatic heterocycles. The van der Waals surface area contributed by atoms with E-state index in [0.29, 0.717) is 0 Å². The first-order valence-corrected chi connectivity index (χ1v) is 12.8. The molecule has 37 heavy (non-hydrogen) atoms. The van der Waals surface area contributed by atoms with Gasteiger partial charge in [0.05, 0.1) is 25.4 Å². The van der Waals surface area contributed by atoms with Crippen molar-refractivity contribution in [3.8, 4) is 0 Å². The van der Waals surface area contributed by atoms with Gasteiger partial charge in [0.15, 0.2) is 12.6 Å². The van der Waals surface area contributed by atoms with E-state index in [4.69, 9.17) is 28.2 Å². The third-order valence-electron chi connectivity index (χ3n) is 6.52. The zero-order chi connectivity index (χ0) is 27.8. The van der Waals surface area contributed by atoms with Crippen molar-refractivity contribution < 1.29 is 81.7 Å². The molecule has 0 radical (unpaired) electrons. The van der Waals surface area contributed by atoms with Crippen LogP contribution in [0.5, 0.6) is 0 Å². The van der Waals surface area contributed by atoms with Gasteiger partial charge in [0.1, 0.15) is 67.1 Å². The first-order chi connectivity index (χ1) is 17.2. The molecule has 3 aliphatic heterocycles. The molecule has 0 amide bonds. The topological polar surface area (TPSA) is 272 Å². The Balaban J connectivity index is 1.87. The Morgan fingerprint density at radius 3 is 1.70 bits per heavy atom.